The number of fused-ring (bicyclic) bond motifs is 1. The van der Waals surface area contributed by atoms with Crippen LogP contribution in [0.2, 0.25) is 0 Å². The Labute approximate surface area is 189 Å². The number of halogens is 3. The topological polar surface area (TPSA) is 126 Å². The molecule has 2 aliphatic rings. The second-order valence-electron chi connectivity index (χ2n) is 9.34. The third kappa shape index (κ3) is 5.20. The molecule has 1 saturated carbocycles. The number of amidine groups is 1. The first kappa shape index (κ1) is 25.1. The third-order valence-electron chi connectivity index (χ3n) is 6.31. The largest absolute Gasteiger partial charge is 0.471 e. The highest BCUT2D eigenvalue weighted by atomic mass is 19.4. The smallest absolute Gasteiger partial charge is 0.381 e. The van der Waals surface area contributed by atoms with Crippen LogP contribution in [0.25, 0.3) is 0 Å². The van der Waals surface area contributed by atoms with Gasteiger partial charge in [-0.25, -0.2) is 0 Å². The molecule has 0 saturated heterocycles. The van der Waals surface area contributed by atoms with Crippen LogP contribution in [0.3, 0.4) is 0 Å². The van der Waals surface area contributed by atoms with Gasteiger partial charge in [0.1, 0.15) is 17.2 Å². The molecule has 5 N–H and O–H groups in total. The monoisotopic (exact) mass is 470 g/mol. The van der Waals surface area contributed by atoms with E-state index in [0.29, 0.717) is 24.9 Å². The summed E-state index contributed by atoms with van der Waals surface area (Å²) >= 11 is 0. The van der Waals surface area contributed by atoms with Crippen LogP contribution in [-0.4, -0.2) is 56.6 Å². The number of amides is 2. The highest BCUT2D eigenvalue weighted by Gasteiger charge is 2.47. The molecular formula is C22H29F3N4O4. The zero-order valence-electron chi connectivity index (χ0n) is 18.7. The summed E-state index contributed by atoms with van der Waals surface area (Å²) in [7, 11) is 0. The van der Waals surface area contributed by atoms with E-state index < -0.39 is 35.2 Å². The van der Waals surface area contributed by atoms with Crippen molar-refractivity contribution in [1.82, 2.24) is 15.5 Å². The van der Waals surface area contributed by atoms with Gasteiger partial charge in [0.05, 0.1) is 0 Å². The molecule has 0 radical (unpaired) electrons. The molecule has 182 valence electrons. The highest BCUT2D eigenvalue weighted by Crippen LogP contribution is 2.42. The van der Waals surface area contributed by atoms with Crippen molar-refractivity contribution in [3.05, 3.63) is 34.9 Å². The van der Waals surface area contributed by atoms with E-state index in [-0.39, 0.29) is 17.6 Å². The lowest BCUT2D eigenvalue weighted by molar-refractivity contribution is -0.171. The number of nitrogens with zero attached hydrogens (tertiary/aromatic N) is 1. The Bertz CT molecular complexity index is 956. The van der Waals surface area contributed by atoms with Crippen LogP contribution in [0.1, 0.15) is 63.1 Å². The van der Waals surface area contributed by atoms with Crippen molar-refractivity contribution in [2.75, 3.05) is 0 Å². The highest BCUT2D eigenvalue weighted by molar-refractivity contribution is 6.07. The molecule has 11 heteroatoms. The molecule has 1 aromatic rings. The summed E-state index contributed by atoms with van der Waals surface area (Å²) in [4.78, 5) is 25.4. The Morgan fingerprint density at radius 2 is 1.82 bits per heavy atom. The standard InChI is InChI=1S/C22H29F3N4O4/c1-20(2,32)18(30)27-15-6-4-5-7-16(15)29-11-13-9-8-12(10-14(13)21(29,3)33)17(26)28-19(31)22(23,24)25/h8-10,15-16,32-33H,4-7,11H2,1-3H3,(H,27,30)(H2,26,28,31). The molecule has 33 heavy (non-hydrogen) atoms. The van der Waals surface area contributed by atoms with Crippen molar-refractivity contribution in [3.8, 4) is 0 Å². The zero-order chi connectivity index (χ0) is 24.8. The lowest BCUT2D eigenvalue weighted by Crippen LogP contribution is -2.59. The summed E-state index contributed by atoms with van der Waals surface area (Å²) < 4.78 is 37.6. The van der Waals surface area contributed by atoms with Gasteiger partial charge in [-0.1, -0.05) is 25.0 Å². The number of hydrogen-bond donors (Lipinski definition) is 5. The Morgan fingerprint density at radius 1 is 1.18 bits per heavy atom. The number of nitrogens with one attached hydrogen (secondary N) is 3. The van der Waals surface area contributed by atoms with Gasteiger partial charge in [0.2, 0.25) is 0 Å². The van der Waals surface area contributed by atoms with Gasteiger partial charge in [0, 0.05) is 29.8 Å². The van der Waals surface area contributed by atoms with Gasteiger partial charge in [-0.05, 0) is 45.2 Å². The molecule has 1 aliphatic carbocycles. The molecule has 8 nitrogen and oxygen atoms in total. The summed E-state index contributed by atoms with van der Waals surface area (Å²) in [6.07, 6.45) is -1.97. The fourth-order valence-corrected chi connectivity index (χ4v) is 4.50. The molecule has 1 aliphatic heterocycles. The Hall–Kier alpha value is -2.50. The first-order valence-electron chi connectivity index (χ1n) is 10.8. The van der Waals surface area contributed by atoms with E-state index in [0.717, 1.165) is 18.4 Å². The minimum atomic E-state index is -5.12. The van der Waals surface area contributed by atoms with E-state index in [4.69, 9.17) is 5.41 Å². The SMILES string of the molecule is CC(C)(O)C(=O)NC1CCCCC1N1Cc2ccc(C(=N)NC(=O)C(F)(F)F)cc2C1(C)O. The predicted molar refractivity (Wildman–Crippen MR) is 113 cm³/mol. The lowest BCUT2D eigenvalue weighted by Gasteiger charge is -2.44. The predicted octanol–water partition coefficient (Wildman–Crippen LogP) is 1.87. The van der Waals surface area contributed by atoms with Crippen molar-refractivity contribution in [3.63, 3.8) is 0 Å². The number of rotatable bonds is 4. The summed E-state index contributed by atoms with van der Waals surface area (Å²) in [5.41, 5.74) is -1.88. The van der Waals surface area contributed by atoms with Crippen LogP contribution in [-0.2, 0) is 21.9 Å². The lowest BCUT2D eigenvalue weighted by atomic mass is 9.87. The average molecular weight is 470 g/mol. The van der Waals surface area contributed by atoms with Gasteiger partial charge in [0.15, 0.2) is 0 Å². The minimum absolute atomic E-state index is 0.0315. The van der Waals surface area contributed by atoms with Crippen LogP contribution in [0.15, 0.2) is 18.2 Å². The van der Waals surface area contributed by atoms with Crippen molar-refractivity contribution in [2.45, 2.75) is 82.6 Å². The summed E-state index contributed by atoms with van der Waals surface area (Å²) in [5.74, 6) is -3.47. The molecule has 1 heterocycles. The van der Waals surface area contributed by atoms with Gasteiger partial charge in [-0.3, -0.25) is 19.9 Å². The van der Waals surface area contributed by atoms with Gasteiger partial charge in [-0.15, -0.1) is 0 Å². The number of carbonyl (C=O) groups is 2. The second kappa shape index (κ2) is 8.69. The third-order valence-corrected chi connectivity index (χ3v) is 6.31. The normalized spacial score (nSPS) is 25.9. The van der Waals surface area contributed by atoms with Crippen molar-refractivity contribution < 1.29 is 33.0 Å². The van der Waals surface area contributed by atoms with Gasteiger partial charge >= 0.3 is 12.1 Å². The minimum Gasteiger partial charge on any atom is -0.381 e. The Balaban J connectivity index is 1.83. The van der Waals surface area contributed by atoms with E-state index >= 15 is 0 Å². The number of alkyl halides is 3. The molecule has 3 rings (SSSR count). The van der Waals surface area contributed by atoms with Crippen molar-refractivity contribution in [2.24, 2.45) is 0 Å². The second-order valence-corrected chi connectivity index (χ2v) is 9.34. The maximum atomic E-state index is 12.5. The zero-order valence-corrected chi connectivity index (χ0v) is 18.7. The maximum Gasteiger partial charge on any atom is 0.471 e. The number of carbonyl (C=O) groups excluding carboxylic acids is 2. The average Bonchev–Trinajstić information content (AvgIpc) is 2.97. The maximum absolute atomic E-state index is 12.5. The van der Waals surface area contributed by atoms with E-state index in [1.54, 1.807) is 13.0 Å². The van der Waals surface area contributed by atoms with Crippen molar-refractivity contribution in [1.29, 1.82) is 5.41 Å². The molecule has 1 aromatic carbocycles. The molecule has 0 spiro atoms. The van der Waals surface area contributed by atoms with E-state index in [2.05, 4.69) is 5.32 Å². The van der Waals surface area contributed by atoms with Gasteiger partial charge in [-0.2, -0.15) is 13.2 Å². The fourth-order valence-electron chi connectivity index (χ4n) is 4.50. The van der Waals surface area contributed by atoms with E-state index in [9.17, 15) is 33.0 Å². The quantitative estimate of drug-likeness (QED) is 0.339. The summed E-state index contributed by atoms with van der Waals surface area (Å²) in [6.45, 7) is 4.69. The van der Waals surface area contributed by atoms with E-state index in [1.807, 2.05) is 4.90 Å². The Morgan fingerprint density at radius 3 is 2.42 bits per heavy atom. The van der Waals surface area contributed by atoms with Crippen molar-refractivity contribution >= 4 is 17.6 Å². The first-order chi connectivity index (χ1) is 15.1. The number of aliphatic hydroxyl groups is 2. The van der Waals surface area contributed by atoms with Crippen LogP contribution in [0.5, 0.6) is 0 Å². The number of hydrogen-bond acceptors (Lipinski definition) is 6. The van der Waals surface area contributed by atoms with Crippen LogP contribution in [0, 0.1) is 5.41 Å². The fraction of sp³-hybridized carbons (Fsp3) is 0.591. The van der Waals surface area contributed by atoms with Gasteiger partial charge in [0.25, 0.3) is 5.91 Å². The molecule has 2 amide bonds. The molecule has 0 aromatic heterocycles. The summed E-state index contributed by atoms with van der Waals surface area (Å²) in [6, 6.07) is 3.90. The molecule has 3 atom stereocenters. The number of benzene rings is 1. The van der Waals surface area contributed by atoms with Gasteiger partial charge < -0.3 is 20.8 Å². The van der Waals surface area contributed by atoms with Crippen LogP contribution < -0.4 is 10.6 Å². The molecule has 1 fully saturated rings. The summed E-state index contributed by atoms with van der Waals surface area (Å²) in [5, 5.41) is 33.7. The Kier molecular flexibility index (Phi) is 6.62. The van der Waals surface area contributed by atoms with Crippen LogP contribution in [0.4, 0.5) is 13.2 Å². The molecule has 0 bridgehead atoms. The molecule has 3 unspecified atom stereocenters. The van der Waals surface area contributed by atoms with E-state index in [1.165, 1.54) is 31.3 Å². The first-order valence-corrected chi connectivity index (χ1v) is 10.8. The van der Waals surface area contributed by atoms with Crippen LogP contribution >= 0.6 is 0 Å². The molecular weight excluding hydrogens is 441 g/mol.